The molecule has 0 aliphatic carbocycles. The summed E-state index contributed by atoms with van der Waals surface area (Å²) in [5.41, 5.74) is 1.04. The number of halogens is 1. The van der Waals surface area contributed by atoms with Crippen molar-refractivity contribution in [1.29, 1.82) is 0 Å². The summed E-state index contributed by atoms with van der Waals surface area (Å²) in [6, 6.07) is 17.7. The van der Waals surface area contributed by atoms with Gasteiger partial charge in [-0.25, -0.2) is 8.42 Å². The Morgan fingerprint density at radius 2 is 1.73 bits per heavy atom. The van der Waals surface area contributed by atoms with Crippen LogP contribution in [0.2, 0.25) is 5.02 Å². The van der Waals surface area contributed by atoms with E-state index in [9.17, 15) is 13.2 Å². The Kier molecular flexibility index (Phi) is 6.91. The molecule has 9 heteroatoms. The predicted octanol–water partition coefficient (Wildman–Crippen LogP) is 5.12. The maximum Gasteiger partial charge on any atom is 0.261 e. The van der Waals surface area contributed by atoms with E-state index in [1.165, 1.54) is 31.0 Å². The Bertz CT molecular complexity index is 1170. The number of anilines is 2. The van der Waals surface area contributed by atoms with Crippen LogP contribution in [0.15, 0.2) is 76.5 Å². The van der Waals surface area contributed by atoms with E-state index >= 15 is 0 Å². The number of carbonyl (C=O) groups is 1. The first-order chi connectivity index (χ1) is 14.3. The average Bonchev–Trinajstić information content (AvgIpc) is 2.74. The molecule has 1 amide bonds. The second-order valence-corrected chi connectivity index (χ2v) is 9.13. The summed E-state index contributed by atoms with van der Waals surface area (Å²) in [6.07, 6.45) is 1.90. The molecular weight excluding hydrogens is 444 g/mol. The molecule has 0 fully saturated rings. The third-order valence-electron chi connectivity index (χ3n) is 4.16. The van der Waals surface area contributed by atoms with Crippen molar-refractivity contribution in [2.45, 2.75) is 9.79 Å². The first-order valence-electron chi connectivity index (χ1n) is 8.74. The number of rotatable bonds is 7. The Morgan fingerprint density at radius 3 is 2.40 bits per heavy atom. The summed E-state index contributed by atoms with van der Waals surface area (Å²) in [7, 11) is -2.31. The van der Waals surface area contributed by atoms with Crippen LogP contribution in [0.4, 0.5) is 11.4 Å². The van der Waals surface area contributed by atoms with Crippen LogP contribution in [0.25, 0.3) is 0 Å². The largest absolute Gasteiger partial charge is 0.497 e. The summed E-state index contributed by atoms with van der Waals surface area (Å²) in [5.74, 6) is 0.195. The molecule has 3 aromatic carbocycles. The van der Waals surface area contributed by atoms with Crippen LogP contribution in [-0.4, -0.2) is 27.7 Å². The van der Waals surface area contributed by atoms with Crippen LogP contribution in [-0.2, 0) is 10.0 Å². The number of hydrogen-bond acceptors (Lipinski definition) is 5. The van der Waals surface area contributed by atoms with E-state index in [1.54, 1.807) is 48.5 Å². The van der Waals surface area contributed by atoms with Gasteiger partial charge < -0.3 is 10.1 Å². The van der Waals surface area contributed by atoms with Crippen molar-refractivity contribution < 1.29 is 17.9 Å². The van der Waals surface area contributed by atoms with E-state index in [4.69, 9.17) is 16.3 Å². The Morgan fingerprint density at radius 1 is 1.00 bits per heavy atom. The molecule has 0 spiro atoms. The van der Waals surface area contributed by atoms with Gasteiger partial charge in [-0.15, -0.1) is 11.8 Å². The van der Waals surface area contributed by atoms with E-state index in [1.807, 2.05) is 12.3 Å². The minimum Gasteiger partial charge on any atom is -0.497 e. The number of nitrogens with one attached hydrogen (secondary N) is 2. The third kappa shape index (κ3) is 5.27. The Balaban J connectivity index is 1.80. The number of sulfonamides is 1. The molecule has 0 unspecified atom stereocenters. The van der Waals surface area contributed by atoms with E-state index in [2.05, 4.69) is 10.0 Å². The Hall–Kier alpha value is -2.68. The minimum absolute atomic E-state index is 0.0140. The summed E-state index contributed by atoms with van der Waals surface area (Å²) in [6.45, 7) is 0. The number of amides is 1. The summed E-state index contributed by atoms with van der Waals surface area (Å²) >= 11 is 7.64. The lowest BCUT2D eigenvalue weighted by atomic mass is 10.2. The molecule has 156 valence electrons. The molecule has 0 saturated heterocycles. The van der Waals surface area contributed by atoms with E-state index in [-0.39, 0.29) is 4.90 Å². The van der Waals surface area contributed by atoms with Crippen molar-refractivity contribution in [3.63, 3.8) is 0 Å². The van der Waals surface area contributed by atoms with Crippen molar-refractivity contribution in [2.75, 3.05) is 23.4 Å². The first-order valence-corrected chi connectivity index (χ1v) is 11.8. The molecular formula is C21H19ClN2O4S2. The van der Waals surface area contributed by atoms with E-state index < -0.39 is 15.9 Å². The zero-order valence-electron chi connectivity index (χ0n) is 16.2. The Labute approximate surface area is 184 Å². The minimum atomic E-state index is -3.85. The van der Waals surface area contributed by atoms with Gasteiger partial charge in [0.25, 0.3) is 15.9 Å². The lowest BCUT2D eigenvalue weighted by molar-refractivity contribution is 0.102. The number of benzene rings is 3. The second kappa shape index (κ2) is 9.42. The molecule has 0 saturated carbocycles. The molecule has 0 aliphatic heterocycles. The molecule has 0 bridgehead atoms. The van der Waals surface area contributed by atoms with Crippen molar-refractivity contribution in [2.24, 2.45) is 0 Å². The zero-order chi connectivity index (χ0) is 21.7. The highest BCUT2D eigenvalue weighted by molar-refractivity contribution is 7.98. The van der Waals surface area contributed by atoms with Crippen LogP contribution < -0.4 is 14.8 Å². The predicted molar refractivity (Wildman–Crippen MR) is 121 cm³/mol. The molecule has 0 radical (unpaired) electrons. The summed E-state index contributed by atoms with van der Waals surface area (Å²) < 4.78 is 33.0. The standard InChI is InChI=1S/C21H19ClN2O4S2/c1-28-16-8-6-14(7-9-16)24-30(26,27)18-5-3-4-15(12-18)23-21(25)19-13-17(29-2)10-11-20(19)22/h3-13,24H,1-2H3,(H,23,25). The first kappa shape index (κ1) is 22.0. The number of ether oxygens (including phenoxy) is 1. The molecule has 0 aromatic heterocycles. The highest BCUT2D eigenvalue weighted by atomic mass is 35.5. The third-order valence-corrected chi connectivity index (χ3v) is 6.60. The van der Waals surface area contributed by atoms with Crippen LogP contribution in [0.5, 0.6) is 5.75 Å². The van der Waals surface area contributed by atoms with Crippen LogP contribution >= 0.6 is 23.4 Å². The monoisotopic (exact) mass is 462 g/mol. The maximum absolute atomic E-state index is 12.7. The van der Waals surface area contributed by atoms with Gasteiger partial charge >= 0.3 is 0 Å². The van der Waals surface area contributed by atoms with Gasteiger partial charge in [0.2, 0.25) is 0 Å². The van der Waals surface area contributed by atoms with Gasteiger partial charge in [0, 0.05) is 16.3 Å². The second-order valence-electron chi connectivity index (χ2n) is 6.16. The van der Waals surface area contributed by atoms with Gasteiger partial charge in [-0.3, -0.25) is 9.52 Å². The van der Waals surface area contributed by atoms with Gasteiger partial charge in [-0.2, -0.15) is 0 Å². The van der Waals surface area contributed by atoms with Crippen LogP contribution in [0, 0.1) is 0 Å². The average molecular weight is 463 g/mol. The topological polar surface area (TPSA) is 84.5 Å². The van der Waals surface area contributed by atoms with Gasteiger partial charge in [-0.1, -0.05) is 17.7 Å². The van der Waals surface area contributed by atoms with E-state index in [0.29, 0.717) is 27.7 Å². The fourth-order valence-electron chi connectivity index (χ4n) is 2.62. The fourth-order valence-corrected chi connectivity index (χ4v) is 4.37. The molecule has 0 atom stereocenters. The fraction of sp³-hybridized carbons (Fsp3) is 0.0952. The van der Waals surface area contributed by atoms with Crippen LogP contribution in [0.3, 0.4) is 0 Å². The molecule has 0 aliphatic rings. The number of methoxy groups -OCH3 is 1. The van der Waals surface area contributed by atoms with Crippen molar-refractivity contribution >= 4 is 50.7 Å². The normalized spacial score (nSPS) is 11.0. The lowest BCUT2D eigenvalue weighted by Crippen LogP contribution is -2.15. The summed E-state index contributed by atoms with van der Waals surface area (Å²) in [4.78, 5) is 13.5. The van der Waals surface area contributed by atoms with Gasteiger partial charge in [0.05, 0.1) is 22.6 Å². The van der Waals surface area contributed by atoms with Gasteiger partial charge in [0.1, 0.15) is 5.75 Å². The van der Waals surface area contributed by atoms with Gasteiger partial charge in [-0.05, 0) is 66.9 Å². The van der Waals surface area contributed by atoms with Crippen molar-refractivity contribution in [3.8, 4) is 5.75 Å². The summed E-state index contributed by atoms with van der Waals surface area (Å²) in [5, 5.41) is 3.02. The van der Waals surface area contributed by atoms with Crippen LogP contribution in [0.1, 0.15) is 10.4 Å². The van der Waals surface area contributed by atoms with Crippen molar-refractivity contribution in [1.82, 2.24) is 0 Å². The van der Waals surface area contributed by atoms with Gasteiger partial charge in [0.15, 0.2) is 0 Å². The SMILES string of the molecule is COc1ccc(NS(=O)(=O)c2cccc(NC(=O)c3cc(SC)ccc3Cl)c2)cc1. The molecule has 3 aromatic rings. The molecule has 2 N–H and O–H groups in total. The maximum atomic E-state index is 12.7. The highest BCUT2D eigenvalue weighted by Crippen LogP contribution is 2.25. The molecule has 6 nitrogen and oxygen atoms in total. The number of thioether (sulfide) groups is 1. The number of carbonyl (C=O) groups excluding carboxylic acids is 1. The molecule has 0 heterocycles. The van der Waals surface area contributed by atoms with E-state index in [0.717, 1.165) is 4.90 Å². The molecule has 30 heavy (non-hydrogen) atoms. The quantitative estimate of drug-likeness (QED) is 0.476. The highest BCUT2D eigenvalue weighted by Gasteiger charge is 2.17. The molecule has 3 rings (SSSR count). The van der Waals surface area contributed by atoms with Crippen molar-refractivity contribution in [3.05, 3.63) is 77.3 Å². The zero-order valence-corrected chi connectivity index (χ0v) is 18.6. The smallest absolute Gasteiger partial charge is 0.261 e. The lowest BCUT2D eigenvalue weighted by Gasteiger charge is -2.11. The number of hydrogen-bond donors (Lipinski definition) is 2.